The molecule has 0 spiro atoms. The Morgan fingerprint density at radius 3 is 2.68 bits per heavy atom. The highest BCUT2D eigenvalue weighted by Gasteiger charge is 2.13. The zero-order valence-electron chi connectivity index (χ0n) is 15.2. The molecule has 6 nitrogen and oxygen atoms in total. The molecule has 1 aromatic rings. The van der Waals surface area contributed by atoms with Gasteiger partial charge in [-0.3, -0.25) is 4.79 Å². The van der Waals surface area contributed by atoms with Gasteiger partial charge in [0.1, 0.15) is 5.75 Å². The predicted molar refractivity (Wildman–Crippen MR) is 99.2 cm³/mol. The smallest absolute Gasteiger partial charge is 0.319 e. The number of amides is 3. The van der Waals surface area contributed by atoms with Gasteiger partial charge in [0, 0.05) is 26.2 Å². The first-order valence-electron chi connectivity index (χ1n) is 8.63. The number of carbonyl (C=O) groups excluding carboxylic acids is 2. The van der Waals surface area contributed by atoms with Crippen LogP contribution in [0.3, 0.4) is 0 Å². The third-order valence-corrected chi connectivity index (χ3v) is 4.22. The summed E-state index contributed by atoms with van der Waals surface area (Å²) < 4.78 is 5.26. The maximum atomic E-state index is 12.1. The molecule has 0 atom stereocenters. The number of anilines is 1. The topological polar surface area (TPSA) is 70.7 Å². The van der Waals surface area contributed by atoms with E-state index in [1.807, 2.05) is 0 Å². The van der Waals surface area contributed by atoms with Gasteiger partial charge in [0.2, 0.25) is 0 Å². The molecule has 1 aliphatic carbocycles. The zero-order valence-corrected chi connectivity index (χ0v) is 15.2. The fourth-order valence-electron chi connectivity index (χ4n) is 2.83. The zero-order chi connectivity index (χ0) is 18.2. The van der Waals surface area contributed by atoms with Crippen molar-refractivity contribution in [2.75, 3.05) is 33.1 Å². The molecular weight excluding hydrogens is 318 g/mol. The van der Waals surface area contributed by atoms with Gasteiger partial charge in [0.05, 0.1) is 12.8 Å². The van der Waals surface area contributed by atoms with Crippen LogP contribution in [0.5, 0.6) is 5.75 Å². The molecule has 0 heterocycles. The average Bonchev–Trinajstić information content (AvgIpc) is 2.61. The van der Waals surface area contributed by atoms with Crippen LogP contribution in [0.1, 0.15) is 42.5 Å². The highest BCUT2D eigenvalue weighted by atomic mass is 16.5. The van der Waals surface area contributed by atoms with Crippen molar-refractivity contribution in [2.24, 2.45) is 0 Å². The number of hydrogen-bond donors (Lipinski definition) is 2. The Labute approximate surface area is 149 Å². The largest absolute Gasteiger partial charge is 0.495 e. The van der Waals surface area contributed by atoms with Crippen molar-refractivity contribution in [3.8, 4) is 5.75 Å². The molecule has 0 aromatic heterocycles. The number of benzene rings is 1. The van der Waals surface area contributed by atoms with Crippen LogP contribution in [0, 0.1) is 0 Å². The summed E-state index contributed by atoms with van der Waals surface area (Å²) in [5, 5.41) is 5.63. The van der Waals surface area contributed by atoms with Crippen molar-refractivity contribution in [1.82, 2.24) is 10.2 Å². The maximum absolute atomic E-state index is 12.1. The first kappa shape index (κ1) is 18.8. The number of methoxy groups -OCH3 is 1. The predicted octanol–water partition coefficient (Wildman–Crippen LogP) is 3.41. The number of nitrogens with one attached hydrogen (secondary N) is 2. The van der Waals surface area contributed by atoms with Gasteiger partial charge in [-0.2, -0.15) is 0 Å². The van der Waals surface area contributed by atoms with Crippen molar-refractivity contribution in [3.05, 3.63) is 35.4 Å². The van der Waals surface area contributed by atoms with Gasteiger partial charge in [-0.25, -0.2) is 4.79 Å². The Morgan fingerprint density at radius 1 is 1.24 bits per heavy atom. The van der Waals surface area contributed by atoms with Crippen LogP contribution >= 0.6 is 0 Å². The Hall–Kier alpha value is -2.50. The fraction of sp³-hybridized carbons (Fsp3) is 0.474. The standard InChI is InChI=1S/C19H27N3O3/c1-22(2)18(23)15-9-10-17(25-3)16(13-15)21-19(24)20-12-11-14-7-5-4-6-8-14/h7,9-10,13H,4-6,8,11-12H2,1-3H3,(H2,20,21,24). The Kier molecular flexibility index (Phi) is 6.86. The summed E-state index contributed by atoms with van der Waals surface area (Å²) in [6.07, 6.45) is 7.94. The number of nitrogens with zero attached hydrogens (tertiary/aromatic N) is 1. The quantitative estimate of drug-likeness (QED) is 0.776. The first-order chi connectivity index (χ1) is 12.0. The summed E-state index contributed by atoms with van der Waals surface area (Å²) in [5.41, 5.74) is 2.39. The summed E-state index contributed by atoms with van der Waals surface area (Å²) in [7, 11) is 4.90. The molecule has 0 bridgehead atoms. The molecule has 0 unspecified atom stereocenters. The molecule has 136 valence electrons. The molecule has 0 fully saturated rings. The molecule has 0 aliphatic heterocycles. The normalized spacial score (nSPS) is 13.6. The second-order valence-corrected chi connectivity index (χ2v) is 6.35. The summed E-state index contributed by atoms with van der Waals surface area (Å²) in [6.45, 7) is 0.594. The number of allylic oxidation sites excluding steroid dienone is 1. The molecule has 3 amide bonds. The van der Waals surface area contributed by atoms with Gasteiger partial charge in [0.25, 0.3) is 5.91 Å². The third-order valence-electron chi connectivity index (χ3n) is 4.22. The molecule has 2 rings (SSSR count). The molecular formula is C19H27N3O3. The van der Waals surface area contributed by atoms with E-state index in [0.29, 0.717) is 23.5 Å². The van der Waals surface area contributed by atoms with E-state index >= 15 is 0 Å². The van der Waals surface area contributed by atoms with Crippen LogP contribution in [0.2, 0.25) is 0 Å². The molecule has 1 aromatic carbocycles. The number of urea groups is 1. The first-order valence-corrected chi connectivity index (χ1v) is 8.63. The fourth-order valence-corrected chi connectivity index (χ4v) is 2.83. The third kappa shape index (κ3) is 5.52. The molecule has 6 heteroatoms. The van der Waals surface area contributed by atoms with Crippen LogP contribution in [0.15, 0.2) is 29.8 Å². The van der Waals surface area contributed by atoms with Crippen LogP contribution in [0.25, 0.3) is 0 Å². The highest BCUT2D eigenvalue weighted by molar-refractivity contribution is 5.97. The second kappa shape index (κ2) is 9.11. The van der Waals surface area contributed by atoms with Crippen molar-refractivity contribution in [3.63, 3.8) is 0 Å². The van der Waals surface area contributed by atoms with Gasteiger partial charge in [0.15, 0.2) is 0 Å². The number of hydrogen-bond acceptors (Lipinski definition) is 3. The van der Waals surface area contributed by atoms with Crippen molar-refractivity contribution in [2.45, 2.75) is 32.1 Å². The van der Waals surface area contributed by atoms with E-state index in [1.165, 1.54) is 30.4 Å². The van der Waals surface area contributed by atoms with Crippen LogP contribution in [0.4, 0.5) is 10.5 Å². The SMILES string of the molecule is COc1ccc(C(=O)N(C)C)cc1NC(=O)NCCC1=CCCCC1. The maximum Gasteiger partial charge on any atom is 0.319 e. The highest BCUT2D eigenvalue weighted by Crippen LogP contribution is 2.26. The summed E-state index contributed by atoms with van der Waals surface area (Å²) in [6, 6.07) is 4.69. The molecule has 25 heavy (non-hydrogen) atoms. The van der Waals surface area contributed by atoms with E-state index in [-0.39, 0.29) is 11.9 Å². The van der Waals surface area contributed by atoms with Gasteiger partial charge in [-0.05, 0) is 50.3 Å². The molecule has 1 aliphatic rings. The van der Waals surface area contributed by atoms with E-state index in [2.05, 4.69) is 16.7 Å². The summed E-state index contributed by atoms with van der Waals surface area (Å²) in [5.74, 6) is 0.385. The Balaban J connectivity index is 1.95. The minimum Gasteiger partial charge on any atom is -0.495 e. The van der Waals surface area contributed by atoms with E-state index in [9.17, 15) is 9.59 Å². The van der Waals surface area contributed by atoms with Crippen molar-refractivity contribution >= 4 is 17.6 Å². The lowest BCUT2D eigenvalue weighted by atomic mass is 9.97. The monoisotopic (exact) mass is 345 g/mol. The number of rotatable bonds is 6. The summed E-state index contributed by atoms with van der Waals surface area (Å²) >= 11 is 0. The lowest BCUT2D eigenvalue weighted by molar-refractivity contribution is 0.0827. The van der Waals surface area contributed by atoms with E-state index in [4.69, 9.17) is 4.74 Å². The van der Waals surface area contributed by atoms with Gasteiger partial charge < -0.3 is 20.3 Å². The van der Waals surface area contributed by atoms with Gasteiger partial charge in [-0.15, -0.1) is 0 Å². The minimum absolute atomic E-state index is 0.129. The summed E-state index contributed by atoms with van der Waals surface area (Å²) in [4.78, 5) is 25.7. The Morgan fingerprint density at radius 2 is 2.04 bits per heavy atom. The lowest BCUT2D eigenvalue weighted by Gasteiger charge is -2.15. The van der Waals surface area contributed by atoms with Crippen LogP contribution in [-0.2, 0) is 0 Å². The van der Waals surface area contributed by atoms with Gasteiger partial charge >= 0.3 is 6.03 Å². The minimum atomic E-state index is -0.302. The molecule has 2 N–H and O–H groups in total. The van der Waals surface area contributed by atoms with Crippen molar-refractivity contribution < 1.29 is 14.3 Å². The van der Waals surface area contributed by atoms with E-state index < -0.39 is 0 Å². The molecule has 0 saturated heterocycles. The van der Waals surface area contributed by atoms with E-state index in [0.717, 1.165) is 19.3 Å². The van der Waals surface area contributed by atoms with E-state index in [1.54, 1.807) is 32.3 Å². The average molecular weight is 345 g/mol. The molecule has 0 radical (unpaired) electrons. The molecule has 0 saturated carbocycles. The Bertz CT molecular complexity index is 653. The number of ether oxygens (including phenoxy) is 1. The second-order valence-electron chi connectivity index (χ2n) is 6.35. The van der Waals surface area contributed by atoms with Crippen molar-refractivity contribution in [1.29, 1.82) is 0 Å². The number of carbonyl (C=O) groups is 2. The van der Waals surface area contributed by atoms with Crippen LogP contribution in [-0.4, -0.2) is 44.6 Å². The van der Waals surface area contributed by atoms with Gasteiger partial charge in [-0.1, -0.05) is 11.6 Å². The van der Waals surface area contributed by atoms with Crippen LogP contribution < -0.4 is 15.4 Å². The lowest BCUT2D eigenvalue weighted by Crippen LogP contribution is -2.30.